The summed E-state index contributed by atoms with van der Waals surface area (Å²) in [5.74, 6) is 3.54. The molecule has 218 valence electrons. The van der Waals surface area contributed by atoms with Crippen molar-refractivity contribution in [3.8, 4) is 11.5 Å². The zero-order valence-corrected chi connectivity index (χ0v) is 24.9. The van der Waals surface area contributed by atoms with E-state index in [9.17, 15) is 4.79 Å². The van der Waals surface area contributed by atoms with Crippen LogP contribution in [0.2, 0.25) is 0 Å². The van der Waals surface area contributed by atoms with Crippen LogP contribution in [-0.4, -0.2) is 35.7 Å². The quantitative estimate of drug-likeness (QED) is 0.137. The van der Waals surface area contributed by atoms with Gasteiger partial charge in [0.25, 0.3) is 0 Å². The van der Waals surface area contributed by atoms with Crippen LogP contribution < -0.4 is 14.8 Å². The number of benzene rings is 3. The Morgan fingerprint density at radius 3 is 2.41 bits per heavy atom. The van der Waals surface area contributed by atoms with Crippen molar-refractivity contribution in [2.24, 2.45) is 0 Å². The van der Waals surface area contributed by atoms with E-state index < -0.39 is 0 Å². The van der Waals surface area contributed by atoms with E-state index in [1.54, 1.807) is 7.11 Å². The molecule has 0 aliphatic carbocycles. The summed E-state index contributed by atoms with van der Waals surface area (Å²) in [5, 5.41) is 3.05. The Morgan fingerprint density at radius 1 is 0.902 bits per heavy atom. The van der Waals surface area contributed by atoms with Crippen molar-refractivity contribution in [3.05, 3.63) is 89.7 Å². The first-order chi connectivity index (χ1) is 20.1. The Kier molecular flexibility index (Phi) is 11.7. The monoisotopic (exact) mass is 555 g/mol. The van der Waals surface area contributed by atoms with Gasteiger partial charge in [-0.15, -0.1) is 0 Å². The van der Waals surface area contributed by atoms with Crippen LogP contribution in [0.15, 0.2) is 72.8 Å². The number of fused-ring (bicyclic) bond motifs is 1. The Bertz CT molecular complexity index is 1350. The van der Waals surface area contributed by atoms with Gasteiger partial charge in [-0.25, -0.2) is 4.98 Å². The van der Waals surface area contributed by atoms with E-state index in [1.807, 2.05) is 24.3 Å². The second-order valence-electron chi connectivity index (χ2n) is 10.8. The van der Waals surface area contributed by atoms with Gasteiger partial charge in [-0.3, -0.25) is 4.79 Å². The fourth-order valence-corrected chi connectivity index (χ4v) is 5.06. The molecule has 1 amide bonds. The maximum absolute atomic E-state index is 12.3. The zero-order valence-electron chi connectivity index (χ0n) is 24.9. The molecule has 1 heterocycles. The van der Waals surface area contributed by atoms with Gasteiger partial charge in [0.2, 0.25) is 5.91 Å². The molecule has 1 unspecified atom stereocenters. The minimum absolute atomic E-state index is 0.0593. The first-order valence-electron chi connectivity index (χ1n) is 15.1. The van der Waals surface area contributed by atoms with Gasteiger partial charge < -0.3 is 19.4 Å². The molecule has 0 aliphatic rings. The summed E-state index contributed by atoms with van der Waals surface area (Å²) in [6, 6.07) is 24.6. The van der Waals surface area contributed by atoms with Crippen molar-refractivity contribution in [2.45, 2.75) is 77.7 Å². The van der Waals surface area contributed by atoms with Crippen molar-refractivity contribution >= 4 is 16.9 Å². The number of nitrogens with one attached hydrogen (secondary N) is 1. The Morgan fingerprint density at radius 2 is 1.66 bits per heavy atom. The fourth-order valence-electron chi connectivity index (χ4n) is 5.06. The topological polar surface area (TPSA) is 65.4 Å². The highest BCUT2D eigenvalue weighted by Crippen LogP contribution is 2.22. The first-order valence-corrected chi connectivity index (χ1v) is 15.1. The normalized spacial score (nSPS) is 11.9. The summed E-state index contributed by atoms with van der Waals surface area (Å²) in [6.07, 6.45) is 7.58. The van der Waals surface area contributed by atoms with Crippen molar-refractivity contribution in [3.63, 3.8) is 0 Å². The number of carbonyl (C=O) groups is 1. The number of para-hydroxylation sites is 2. The maximum Gasteiger partial charge on any atom is 0.224 e. The Labute approximate surface area is 245 Å². The van der Waals surface area contributed by atoms with Crippen LogP contribution in [0.3, 0.4) is 0 Å². The van der Waals surface area contributed by atoms with Crippen molar-refractivity contribution < 1.29 is 14.3 Å². The molecule has 0 spiro atoms. The molecule has 1 aromatic heterocycles. The molecule has 0 aliphatic heterocycles. The summed E-state index contributed by atoms with van der Waals surface area (Å²) < 4.78 is 13.6. The zero-order chi connectivity index (χ0) is 28.9. The lowest BCUT2D eigenvalue weighted by molar-refractivity contribution is -0.120. The summed E-state index contributed by atoms with van der Waals surface area (Å²) >= 11 is 0. The van der Waals surface area contributed by atoms with Crippen LogP contribution in [0, 0.1) is 0 Å². The van der Waals surface area contributed by atoms with E-state index in [-0.39, 0.29) is 5.91 Å². The molecule has 0 bridgehead atoms. The number of rotatable bonds is 17. The molecule has 6 heteroatoms. The van der Waals surface area contributed by atoms with E-state index in [2.05, 4.69) is 72.3 Å². The lowest BCUT2D eigenvalue weighted by Gasteiger charge is -2.12. The van der Waals surface area contributed by atoms with Gasteiger partial charge in [-0.05, 0) is 85.5 Å². The molecule has 4 rings (SSSR count). The standard InChI is InChI=1S/C35H45N3O3/c1-4-27(2)29-17-21-31(22-18-29)41-25-11-10-24-38-33-13-8-7-12-32(33)37-34(38)14-6-5-9-23-36-35(39)26-28-15-19-30(40-3)20-16-28/h7-8,12-13,15-22,27H,4-6,9-11,14,23-26H2,1-3H3,(H,36,39). The van der Waals surface area contributed by atoms with Crippen molar-refractivity contribution in [1.82, 2.24) is 14.9 Å². The number of amides is 1. The van der Waals surface area contributed by atoms with Gasteiger partial charge >= 0.3 is 0 Å². The highest BCUT2D eigenvalue weighted by Gasteiger charge is 2.11. The van der Waals surface area contributed by atoms with Gasteiger partial charge in [0.05, 0.1) is 31.2 Å². The van der Waals surface area contributed by atoms with Gasteiger partial charge in [-0.2, -0.15) is 0 Å². The van der Waals surface area contributed by atoms with E-state index >= 15 is 0 Å². The van der Waals surface area contributed by atoms with Crippen molar-refractivity contribution in [2.75, 3.05) is 20.3 Å². The molecule has 4 aromatic rings. The van der Waals surface area contributed by atoms with Crippen molar-refractivity contribution in [1.29, 1.82) is 0 Å². The van der Waals surface area contributed by atoms with E-state index in [0.29, 0.717) is 18.9 Å². The number of hydrogen-bond donors (Lipinski definition) is 1. The number of aromatic nitrogens is 2. The lowest BCUT2D eigenvalue weighted by Crippen LogP contribution is -2.26. The minimum Gasteiger partial charge on any atom is -0.497 e. The summed E-state index contributed by atoms with van der Waals surface area (Å²) in [6.45, 7) is 6.84. The predicted octanol–water partition coefficient (Wildman–Crippen LogP) is 7.49. The van der Waals surface area contributed by atoms with Gasteiger partial charge in [0.15, 0.2) is 0 Å². The number of carbonyl (C=O) groups excluding carboxylic acids is 1. The third-order valence-electron chi connectivity index (χ3n) is 7.76. The second kappa shape index (κ2) is 15.8. The second-order valence-corrected chi connectivity index (χ2v) is 10.8. The third kappa shape index (κ3) is 9.10. The smallest absolute Gasteiger partial charge is 0.224 e. The minimum atomic E-state index is 0.0593. The maximum atomic E-state index is 12.3. The summed E-state index contributed by atoms with van der Waals surface area (Å²) in [5.41, 5.74) is 4.62. The fraction of sp³-hybridized carbons (Fsp3) is 0.429. The molecule has 1 N–H and O–H groups in total. The Hall–Kier alpha value is -3.80. The summed E-state index contributed by atoms with van der Waals surface area (Å²) in [4.78, 5) is 17.2. The number of nitrogens with zero attached hydrogens (tertiary/aromatic N) is 2. The van der Waals surface area contributed by atoms with Crippen LogP contribution in [0.1, 0.15) is 75.2 Å². The molecule has 3 aromatic carbocycles. The lowest BCUT2D eigenvalue weighted by atomic mass is 9.99. The van der Waals surface area contributed by atoms with Gasteiger partial charge in [-0.1, -0.05) is 56.7 Å². The average molecular weight is 556 g/mol. The van der Waals surface area contributed by atoms with Crippen LogP contribution in [-0.2, 0) is 24.2 Å². The number of methoxy groups -OCH3 is 1. The molecule has 0 radical (unpaired) electrons. The third-order valence-corrected chi connectivity index (χ3v) is 7.76. The SMILES string of the molecule is CCC(C)c1ccc(OCCCCn2c(CCCCCNC(=O)Cc3ccc(OC)cc3)nc3ccccc32)cc1. The highest BCUT2D eigenvalue weighted by molar-refractivity contribution is 5.78. The number of aryl methyl sites for hydroxylation is 2. The number of unbranched alkanes of at least 4 members (excludes halogenated alkanes) is 3. The molecule has 1 atom stereocenters. The average Bonchev–Trinajstić information content (AvgIpc) is 3.36. The van der Waals surface area contributed by atoms with Crippen LogP contribution in [0.25, 0.3) is 11.0 Å². The number of imidazole rings is 1. The Balaban J connectivity index is 1.17. The predicted molar refractivity (Wildman–Crippen MR) is 167 cm³/mol. The van der Waals surface area contributed by atoms with Gasteiger partial charge in [0.1, 0.15) is 17.3 Å². The first kappa shape index (κ1) is 30.2. The van der Waals surface area contributed by atoms with E-state index in [4.69, 9.17) is 14.5 Å². The number of hydrogen-bond acceptors (Lipinski definition) is 4. The molecular formula is C35H45N3O3. The summed E-state index contributed by atoms with van der Waals surface area (Å²) in [7, 11) is 1.64. The number of ether oxygens (including phenoxy) is 2. The highest BCUT2D eigenvalue weighted by atomic mass is 16.5. The molecule has 0 saturated carbocycles. The van der Waals surface area contributed by atoms with Crippen LogP contribution >= 0.6 is 0 Å². The van der Waals surface area contributed by atoms with Crippen LogP contribution in [0.5, 0.6) is 11.5 Å². The van der Waals surface area contributed by atoms with Crippen LogP contribution in [0.4, 0.5) is 0 Å². The van der Waals surface area contributed by atoms with E-state index in [0.717, 1.165) is 86.5 Å². The molecule has 0 saturated heterocycles. The van der Waals surface area contributed by atoms with Gasteiger partial charge in [0, 0.05) is 19.5 Å². The molecular weight excluding hydrogens is 510 g/mol. The molecule has 6 nitrogen and oxygen atoms in total. The molecule has 41 heavy (non-hydrogen) atoms. The molecule has 0 fully saturated rings. The van der Waals surface area contributed by atoms with E-state index in [1.165, 1.54) is 11.1 Å². The largest absolute Gasteiger partial charge is 0.497 e.